The quantitative estimate of drug-likeness (QED) is 0.899. The lowest BCUT2D eigenvalue weighted by Gasteiger charge is -2.08. The zero-order valence-corrected chi connectivity index (χ0v) is 13.5. The van der Waals surface area contributed by atoms with Gasteiger partial charge in [0, 0.05) is 30.9 Å². The summed E-state index contributed by atoms with van der Waals surface area (Å²) in [5.41, 5.74) is 2.88. The molecule has 108 valence electrons. The summed E-state index contributed by atoms with van der Waals surface area (Å²) in [6.07, 6.45) is 2.01. The Morgan fingerprint density at radius 1 is 1.30 bits per heavy atom. The Kier molecular flexibility index (Phi) is 5.08. The molecule has 0 bridgehead atoms. The number of nitrogens with zero attached hydrogens (tertiary/aromatic N) is 2. The lowest BCUT2D eigenvalue weighted by Crippen LogP contribution is -2.19. The van der Waals surface area contributed by atoms with Crippen LogP contribution in [0.2, 0.25) is 10.0 Å². The summed E-state index contributed by atoms with van der Waals surface area (Å²) in [6, 6.07) is 5.62. The number of hydrogen-bond acceptors (Lipinski definition) is 2. The average Bonchev–Trinajstić information content (AvgIpc) is 2.73. The molecule has 0 saturated carbocycles. The minimum absolute atomic E-state index is 0.552. The number of halogens is 2. The second kappa shape index (κ2) is 6.61. The van der Waals surface area contributed by atoms with Crippen LogP contribution in [-0.4, -0.2) is 16.3 Å². The largest absolute Gasteiger partial charge is 0.312 e. The molecule has 3 nitrogen and oxygen atoms in total. The van der Waals surface area contributed by atoms with Gasteiger partial charge >= 0.3 is 0 Å². The van der Waals surface area contributed by atoms with Crippen molar-refractivity contribution >= 4 is 23.2 Å². The van der Waals surface area contributed by atoms with E-state index in [4.69, 9.17) is 23.2 Å². The van der Waals surface area contributed by atoms with E-state index in [-0.39, 0.29) is 0 Å². The van der Waals surface area contributed by atoms with Gasteiger partial charge < -0.3 is 5.32 Å². The fourth-order valence-corrected chi connectivity index (χ4v) is 2.47. The van der Waals surface area contributed by atoms with Crippen molar-refractivity contribution in [3.05, 3.63) is 40.0 Å². The van der Waals surface area contributed by atoms with E-state index >= 15 is 0 Å². The van der Waals surface area contributed by atoms with Crippen LogP contribution >= 0.6 is 23.2 Å². The lowest BCUT2D eigenvalue weighted by atomic mass is 10.1. The van der Waals surface area contributed by atoms with Crippen molar-refractivity contribution < 1.29 is 0 Å². The van der Waals surface area contributed by atoms with Gasteiger partial charge in [-0.2, -0.15) is 5.10 Å². The van der Waals surface area contributed by atoms with Crippen molar-refractivity contribution in [2.24, 2.45) is 13.0 Å². The maximum atomic E-state index is 6.29. The molecule has 20 heavy (non-hydrogen) atoms. The molecule has 0 unspecified atom stereocenters. The summed E-state index contributed by atoms with van der Waals surface area (Å²) >= 11 is 12.4. The molecular weight excluding hydrogens is 293 g/mol. The van der Waals surface area contributed by atoms with E-state index in [1.807, 2.05) is 25.4 Å². The fraction of sp³-hybridized carbons (Fsp3) is 0.400. The van der Waals surface area contributed by atoms with Gasteiger partial charge in [0.2, 0.25) is 0 Å². The molecule has 0 radical (unpaired) electrons. The van der Waals surface area contributed by atoms with Crippen molar-refractivity contribution in [2.75, 3.05) is 6.54 Å². The topological polar surface area (TPSA) is 29.9 Å². The van der Waals surface area contributed by atoms with Crippen LogP contribution in [0.1, 0.15) is 19.4 Å². The normalized spacial score (nSPS) is 11.3. The Hall–Kier alpha value is -1.03. The molecule has 0 aliphatic heterocycles. The predicted molar refractivity (Wildman–Crippen MR) is 85.2 cm³/mol. The average molecular weight is 312 g/mol. The van der Waals surface area contributed by atoms with E-state index in [1.165, 1.54) is 0 Å². The molecule has 0 saturated heterocycles. The van der Waals surface area contributed by atoms with Gasteiger partial charge in [-0.3, -0.25) is 4.68 Å². The maximum absolute atomic E-state index is 6.29. The molecule has 1 aromatic heterocycles. The van der Waals surface area contributed by atoms with Gasteiger partial charge in [-0.05, 0) is 18.5 Å². The first-order valence-corrected chi connectivity index (χ1v) is 7.42. The highest BCUT2D eigenvalue weighted by molar-refractivity contribution is 6.43. The third-order valence-corrected chi connectivity index (χ3v) is 3.80. The molecule has 0 fully saturated rings. The number of hydrogen-bond donors (Lipinski definition) is 1. The van der Waals surface area contributed by atoms with E-state index in [0.29, 0.717) is 16.0 Å². The number of rotatable bonds is 5. The van der Waals surface area contributed by atoms with Gasteiger partial charge in [0.1, 0.15) is 0 Å². The molecule has 0 atom stereocenters. The Bertz CT molecular complexity index is 591. The van der Waals surface area contributed by atoms with Gasteiger partial charge in [0.15, 0.2) is 0 Å². The highest BCUT2D eigenvalue weighted by Crippen LogP contribution is 2.34. The van der Waals surface area contributed by atoms with Gasteiger partial charge in [-0.25, -0.2) is 0 Å². The molecule has 0 aliphatic carbocycles. The third kappa shape index (κ3) is 3.54. The van der Waals surface area contributed by atoms with Crippen molar-refractivity contribution in [1.82, 2.24) is 15.1 Å². The Balaban J connectivity index is 2.29. The van der Waals surface area contributed by atoms with E-state index in [0.717, 1.165) is 29.9 Å². The van der Waals surface area contributed by atoms with E-state index in [9.17, 15) is 0 Å². The van der Waals surface area contributed by atoms with Crippen molar-refractivity contribution in [1.29, 1.82) is 0 Å². The first-order valence-electron chi connectivity index (χ1n) is 6.66. The van der Waals surface area contributed by atoms with E-state index in [2.05, 4.69) is 24.3 Å². The molecule has 0 spiro atoms. The third-order valence-electron chi connectivity index (χ3n) is 2.98. The summed E-state index contributed by atoms with van der Waals surface area (Å²) in [6.45, 7) is 6.11. The SMILES string of the molecule is CC(C)CNCc1cn(C)nc1-c1cccc(Cl)c1Cl. The van der Waals surface area contributed by atoms with Crippen LogP contribution in [0.15, 0.2) is 24.4 Å². The van der Waals surface area contributed by atoms with Crippen molar-refractivity contribution in [2.45, 2.75) is 20.4 Å². The molecule has 5 heteroatoms. The maximum Gasteiger partial charge on any atom is 0.0983 e. The molecule has 0 aliphatic rings. The molecule has 1 heterocycles. The second-order valence-electron chi connectivity index (χ2n) is 5.30. The molecule has 2 aromatic rings. The summed E-state index contributed by atoms with van der Waals surface area (Å²) < 4.78 is 1.80. The van der Waals surface area contributed by atoms with Gasteiger partial charge in [0.05, 0.1) is 15.7 Å². The van der Waals surface area contributed by atoms with Crippen LogP contribution in [0.5, 0.6) is 0 Å². The van der Waals surface area contributed by atoms with Gasteiger partial charge in [0.25, 0.3) is 0 Å². The molecule has 1 aromatic carbocycles. The smallest absolute Gasteiger partial charge is 0.0983 e. The van der Waals surface area contributed by atoms with E-state index in [1.54, 1.807) is 10.7 Å². The van der Waals surface area contributed by atoms with Crippen LogP contribution in [0.25, 0.3) is 11.3 Å². The summed E-state index contributed by atoms with van der Waals surface area (Å²) in [7, 11) is 1.91. The molecule has 0 amide bonds. The van der Waals surface area contributed by atoms with Crippen LogP contribution in [-0.2, 0) is 13.6 Å². The molecular formula is C15H19Cl2N3. The number of benzene rings is 1. The Morgan fingerprint density at radius 2 is 2.05 bits per heavy atom. The minimum atomic E-state index is 0.552. The first kappa shape index (κ1) is 15.4. The zero-order valence-electron chi connectivity index (χ0n) is 12.0. The van der Waals surface area contributed by atoms with Crippen molar-refractivity contribution in [3.8, 4) is 11.3 Å². The molecule has 1 N–H and O–H groups in total. The minimum Gasteiger partial charge on any atom is -0.312 e. The standard InChI is InChI=1S/C15H19Cl2N3/c1-10(2)7-18-8-11-9-20(3)19-15(11)12-5-4-6-13(16)14(12)17/h4-6,9-10,18H,7-8H2,1-3H3. The fourth-order valence-electron chi connectivity index (χ4n) is 2.08. The number of nitrogens with one attached hydrogen (secondary N) is 1. The Morgan fingerprint density at radius 3 is 2.75 bits per heavy atom. The highest BCUT2D eigenvalue weighted by Gasteiger charge is 2.14. The predicted octanol–water partition coefficient (Wildman–Crippen LogP) is 4.14. The number of aryl methyl sites for hydroxylation is 1. The van der Waals surface area contributed by atoms with Crippen LogP contribution in [0.3, 0.4) is 0 Å². The Labute approximate surface area is 129 Å². The summed E-state index contributed by atoms with van der Waals surface area (Å²) in [5, 5.41) is 9.05. The lowest BCUT2D eigenvalue weighted by molar-refractivity contribution is 0.552. The van der Waals surface area contributed by atoms with Crippen molar-refractivity contribution in [3.63, 3.8) is 0 Å². The van der Waals surface area contributed by atoms with Crippen LogP contribution in [0, 0.1) is 5.92 Å². The van der Waals surface area contributed by atoms with Crippen LogP contribution < -0.4 is 5.32 Å². The summed E-state index contributed by atoms with van der Waals surface area (Å²) in [4.78, 5) is 0. The van der Waals surface area contributed by atoms with Gasteiger partial charge in [-0.1, -0.05) is 49.2 Å². The summed E-state index contributed by atoms with van der Waals surface area (Å²) in [5.74, 6) is 0.616. The monoisotopic (exact) mass is 311 g/mol. The highest BCUT2D eigenvalue weighted by atomic mass is 35.5. The second-order valence-corrected chi connectivity index (χ2v) is 6.09. The van der Waals surface area contributed by atoms with Crippen LogP contribution in [0.4, 0.5) is 0 Å². The number of aromatic nitrogens is 2. The van der Waals surface area contributed by atoms with E-state index < -0.39 is 0 Å². The first-order chi connectivity index (χ1) is 9.49. The molecule has 2 rings (SSSR count). The zero-order chi connectivity index (χ0) is 14.7. The van der Waals surface area contributed by atoms with Gasteiger partial charge in [-0.15, -0.1) is 0 Å².